The summed E-state index contributed by atoms with van der Waals surface area (Å²) in [5, 5.41) is 4.38. The number of benzene rings is 2. The Bertz CT molecular complexity index is 1130. The summed E-state index contributed by atoms with van der Waals surface area (Å²) < 4.78 is 27.0. The van der Waals surface area contributed by atoms with Gasteiger partial charge in [-0.3, -0.25) is 9.78 Å². The van der Waals surface area contributed by atoms with E-state index < -0.39 is 10.0 Å². The summed E-state index contributed by atoms with van der Waals surface area (Å²) in [6.07, 6.45) is 2.56. The molecule has 1 aliphatic heterocycles. The first-order valence-electron chi connectivity index (χ1n) is 10.5. The van der Waals surface area contributed by atoms with Crippen LogP contribution in [0.4, 0.5) is 0 Å². The van der Waals surface area contributed by atoms with Gasteiger partial charge in [0.15, 0.2) is 0 Å². The van der Waals surface area contributed by atoms with E-state index in [2.05, 4.69) is 15.5 Å². The number of aromatic nitrogens is 1. The Balaban J connectivity index is 1.43. The molecular formula is C24H24N4O3S. The molecule has 4 rings (SSSR count). The molecular weight excluding hydrogens is 424 g/mol. The molecule has 1 saturated heterocycles. The highest BCUT2D eigenvalue weighted by Gasteiger charge is 2.32. The van der Waals surface area contributed by atoms with Crippen molar-refractivity contribution in [2.75, 3.05) is 13.1 Å². The maximum absolute atomic E-state index is 12.8. The SMILES string of the molecule is O=C(NN=C(c1ccccc1)c1ccccn1)C1CCN(S(=O)(=O)c2ccccc2)CC1. The van der Waals surface area contributed by atoms with Crippen LogP contribution in [0.1, 0.15) is 24.1 Å². The zero-order valence-electron chi connectivity index (χ0n) is 17.5. The molecule has 2 aromatic carbocycles. The number of nitrogens with zero attached hydrogens (tertiary/aromatic N) is 3. The lowest BCUT2D eigenvalue weighted by Gasteiger charge is -2.30. The van der Waals surface area contributed by atoms with Gasteiger partial charge < -0.3 is 0 Å². The second kappa shape index (κ2) is 9.84. The number of pyridine rings is 1. The standard InChI is InChI=1S/C24H24N4O3S/c29-24(20-14-17-28(18-15-20)32(30,31)21-11-5-2-6-12-21)27-26-23(19-9-3-1-4-10-19)22-13-7-8-16-25-22/h1-13,16,20H,14-15,17-18H2,(H,27,29). The molecule has 2 heterocycles. The molecule has 0 unspecified atom stereocenters. The molecule has 0 radical (unpaired) electrons. The highest BCUT2D eigenvalue weighted by atomic mass is 32.2. The average Bonchev–Trinajstić information content (AvgIpc) is 2.86. The van der Waals surface area contributed by atoms with Gasteiger partial charge in [0.2, 0.25) is 15.9 Å². The van der Waals surface area contributed by atoms with Crippen LogP contribution in [0.15, 0.2) is 95.1 Å². The summed E-state index contributed by atoms with van der Waals surface area (Å²) in [6, 6.07) is 23.4. The van der Waals surface area contributed by atoms with E-state index in [9.17, 15) is 13.2 Å². The number of carbonyl (C=O) groups excluding carboxylic acids is 1. The number of hydrogen-bond acceptors (Lipinski definition) is 5. The smallest absolute Gasteiger partial charge is 0.243 e. The first-order valence-corrected chi connectivity index (χ1v) is 11.9. The molecule has 0 spiro atoms. The summed E-state index contributed by atoms with van der Waals surface area (Å²) in [7, 11) is -3.54. The third-order valence-corrected chi connectivity index (χ3v) is 7.35. The number of sulfonamides is 1. The van der Waals surface area contributed by atoms with Gasteiger partial charge in [0.1, 0.15) is 5.71 Å². The third kappa shape index (κ3) is 4.92. The molecule has 7 nitrogen and oxygen atoms in total. The number of nitrogens with one attached hydrogen (secondary N) is 1. The molecule has 3 aromatic rings. The van der Waals surface area contributed by atoms with E-state index in [1.807, 2.05) is 48.5 Å². The Hall–Kier alpha value is -3.36. The number of piperidine rings is 1. The normalized spacial score (nSPS) is 15.9. The zero-order valence-corrected chi connectivity index (χ0v) is 18.3. The second-order valence-corrected chi connectivity index (χ2v) is 9.45. The third-order valence-electron chi connectivity index (χ3n) is 5.44. The van der Waals surface area contributed by atoms with Crippen LogP contribution in [-0.4, -0.2) is 42.4 Å². The first kappa shape index (κ1) is 21.9. The van der Waals surface area contributed by atoms with Crippen molar-refractivity contribution in [2.45, 2.75) is 17.7 Å². The molecule has 1 aromatic heterocycles. The Kier molecular flexibility index (Phi) is 6.72. The minimum absolute atomic E-state index is 0.217. The van der Waals surface area contributed by atoms with Crippen LogP contribution in [0.25, 0.3) is 0 Å². The fourth-order valence-corrected chi connectivity index (χ4v) is 5.16. The van der Waals surface area contributed by atoms with Crippen molar-refractivity contribution < 1.29 is 13.2 Å². The molecule has 1 N–H and O–H groups in total. The maximum atomic E-state index is 12.8. The van der Waals surface area contributed by atoms with Crippen LogP contribution >= 0.6 is 0 Å². The summed E-state index contributed by atoms with van der Waals surface area (Å²) in [6.45, 7) is 0.593. The maximum Gasteiger partial charge on any atom is 0.243 e. The van der Waals surface area contributed by atoms with Gasteiger partial charge in [0.05, 0.1) is 10.6 Å². The van der Waals surface area contributed by atoms with Crippen molar-refractivity contribution in [3.8, 4) is 0 Å². The molecule has 164 valence electrons. The van der Waals surface area contributed by atoms with Gasteiger partial charge >= 0.3 is 0 Å². The topological polar surface area (TPSA) is 91.7 Å². The van der Waals surface area contributed by atoms with E-state index in [0.29, 0.717) is 37.3 Å². The number of carbonyl (C=O) groups is 1. The van der Waals surface area contributed by atoms with E-state index in [0.717, 1.165) is 5.56 Å². The van der Waals surface area contributed by atoms with Gasteiger partial charge in [-0.2, -0.15) is 9.41 Å². The van der Waals surface area contributed by atoms with Gasteiger partial charge in [-0.15, -0.1) is 0 Å². The van der Waals surface area contributed by atoms with Crippen LogP contribution < -0.4 is 5.43 Å². The van der Waals surface area contributed by atoms with Crippen molar-refractivity contribution in [1.82, 2.24) is 14.7 Å². The Labute approximate surface area is 187 Å². The monoisotopic (exact) mass is 448 g/mol. The van der Waals surface area contributed by atoms with Gasteiger partial charge in [0, 0.05) is 30.8 Å². The average molecular weight is 449 g/mol. The second-order valence-electron chi connectivity index (χ2n) is 7.51. The van der Waals surface area contributed by atoms with Crippen molar-refractivity contribution >= 4 is 21.6 Å². The van der Waals surface area contributed by atoms with Gasteiger partial charge in [-0.1, -0.05) is 54.6 Å². The van der Waals surface area contributed by atoms with Crippen LogP contribution in [0.2, 0.25) is 0 Å². The predicted octanol–water partition coefficient (Wildman–Crippen LogP) is 3.05. The fraction of sp³-hybridized carbons (Fsp3) is 0.208. The first-order chi connectivity index (χ1) is 15.6. The molecule has 1 aliphatic rings. The Morgan fingerprint density at radius 3 is 2.16 bits per heavy atom. The molecule has 1 amide bonds. The quantitative estimate of drug-likeness (QED) is 0.463. The molecule has 8 heteroatoms. The highest BCUT2D eigenvalue weighted by Crippen LogP contribution is 2.24. The predicted molar refractivity (Wildman–Crippen MR) is 122 cm³/mol. The van der Waals surface area contributed by atoms with Crippen molar-refractivity contribution in [3.05, 3.63) is 96.3 Å². The lowest BCUT2D eigenvalue weighted by atomic mass is 9.98. The van der Waals surface area contributed by atoms with E-state index in [1.165, 1.54) is 4.31 Å². The lowest BCUT2D eigenvalue weighted by molar-refractivity contribution is -0.126. The van der Waals surface area contributed by atoms with Crippen LogP contribution in [0.5, 0.6) is 0 Å². The number of hydrazone groups is 1. The zero-order chi connectivity index (χ0) is 22.4. The van der Waals surface area contributed by atoms with Gasteiger partial charge in [0.25, 0.3) is 0 Å². The van der Waals surface area contributed by atoms with Gasteiger partial charge in [-0.05, 0) is 37.1 Å². The van der Waals surface area contributed by atoms with Crippen molar-refractivity contribution in [1.29, 1.82) is 0 Å². The molecule has 1 fully saturated rings. The van der Waals surface area contributed by atoms with E-state index >= 15 is 0 Å². The summed E-state index contributed by atoms with van der Waals surface area (Å²) in [5.41, 5.74) is 4.75. The summed E-state index contributed by atoms with van der Waals surface area (Å²) >= 11 is 0. The van der Waals surface area contributed by atoms with E-state index in [4.69, 9.17) is 0 Å². The Morgan fingerprint density at radius 2 is 1.53 bits per heavy atom. The molecule has 0 saturated carbocycles. The number of rotatable bonds is 6. The molecule has 0 aliphatic carbocycles. The molecule has 0 bridgehead atoms. The van der Waals surface area contributed by atoms with E-state index in [-0.39, 0.29) is 16.7 Å². The summed E-state index contributed by atoms with van der Waals surface area (Å²) in [5.74, 6) is -0.521. The minimum Gasteiger partial charge on any atom is -0.273 e. The molecule has 32 heavy (non-hydrogen) atoms. The number of amides is 1. The summed E-state index contributed by atoms with van der Waals surface area (Å²) in [4.78, 5) is 17.4. The van der Waals surface area contributed by atoms with Gasteiger partial charge in [-0.25, -0.2) is 13.8 Å². The Morgan fingerprint density at radius 1 is 0.906 bits per heavy atom. The largest absolute Gasteiger partial charge is 0.273 e. The van der Waals surface area contributed by atoms with Crippen LogP contribution in [0.3, 0.4) is 0 Å². The lowest BCUT2D eigenvalue weighted by Crippen LogP contribution is -2.42. The molecule has 0 atom stereocenters. The minimum atomic E-state index is -3.54. The van der Waals surface area contributed by atoms with Crippen molar-refractivity contribution in [2.24, 2.45) is 11.0 Å². The van der Waals surface area contributed by atoms with Crippen LogP contribution in [-0.2, 0) is 14.8 Å². The van der Waals surface area contributed by atoms with Crippen molar-refractivity contribution in [3.63, 3.8) is 0 Å². The number of hydrogen-bond donors (Lipinski definition) is 1. The van der Waals surface area contributed by atoms with Crippen LogP contribution in [0, 0.1) is 5.92 Å². The fourth-order valence-electron chi connectivity index (χ4n) is 3.67. The highest BCUT2D eigenvalue weighted by molar-refractivity contribution is 7.89. The van der Waals surface area contributed by atoms with E-state index in [1.54, 1.807) is 36.5 Å².